The molecule has 0 amide bonds. The molecule has 5 unspecified atom stereocenters. The maximum absolute atomic E-state index is 9.78. The summed E-state index contributed by atoms with van der Waals surface area (Å²) in [4.78, 5) is 0. The lowest BCUT2D eigenvalue weighted by Crippen LogP contribution is -2.61. The van der Waals surface area contributed by atoms with E-state index in [1.54, 1.807) is 0 Å². The van der Waals surface area contributed by atoms with Crippen molar-refractivity contribution in [1.29, 1.82) is 0 Å². The fourth-order valence-corrected chi connectivity index (χ4v) is 2.46. The highest BCUT2D eigenvalue weighted by atomic mass is 16.8. The third-order valence-electron chi connectivity index (χ3n) is 3.96. The van der Waals surface area contributed by atoms with Crippen molar-refractivity contribution in [3.05, 3.63) is 0 Å². The zero-order chi connectivity index (χ0) is 17.3. The highest BCUT2D eigenvalue weighted by Crippen LogP contribution is 2.24. The molecule has 23 heavy (non-hydrogen) atoms. The Balaban J connectivity index is 1.94. The van der Waals surface area contributed by atoms with Crippen LogP contribution in [0.15, 0.2) is 0 Å². The van der Waals surface area contributed by atoms with E-state index in [1.807, 2.05) is 0 Å². The fourth-order valence-electron chi connectivity index (χ4n) is 2.46. The van der Waals surface area contributed by atoms with Crippen molar-refractivity contribution in [2.75, 3.05) is 13.2 Å². The second-order valence-corrected chi connectivity index (χ2v) is 5.57. The molecule has 0 spiro atoms. The monoisotopic (exact) mass is 343 g/mol. The lowest BCUT2D eigenvalue weighted by atomic mass is 9.99. The van der Waals surface area contributed by atoms with Gasteiger partial charge in [-0.25, -0.2) is 0 Å². The van der Waals surface area contributed by atoms with E-state index in [0.29, 0.717) is 0 Å². The normalized spacial score (nSPS) is 51.7. The summed E-state index contributed by atoms with van der Waals surface area (Å²) in [7, 11) is 0. The summed E-state index contributed by atoms with van der Waals surface area (Å²) >= 11 is 0. The molecule has 0 aromatic heterocycles. The van der Waals surface area contributed by atoms with Gasteiger partial charge in [0.2, 0.25) is 0 Å². The Morgan fingerprint density at radius 3 is 1.83 bits per heavy atom. The smallest absolute Gasteiger partial charge is 0.186 e. The average Bonchev–Trinajstić information content (AvgIpc) is 2.54. The number of aliphatic hydroxyl groups is 8. The van der Waals surface area contributed by atoms with E-state index in [1.165, 1.54) is 0 Å². The molecule has 11 heteroatoms. The van der Waals surface area contributed by atoms with Gasteiger partial charge in [0.25, 0.3) is 0 Å². The van der Waals surface area contributed by atoms with Crippen molar-refractivity contribution >= 4 is 0 Å². The van der Waals surface area contributed by atoms with E-state index in [-0.39, 0.29) is 0 Å². The van der Waals surface area contributed by atoms with Gasteiger partial charge in [-0.05, 0) is 0 Å². The van der Waals surface area contributed by atoms with Gasteiger partial charge in [0, 0.05) is 0 Å². The van der Waals surface area contributed by atoms with Crippen LogP contribution in [-0.4, -0.2) is 115 Å². The minimum Gasteiger partial charge on any atom is -0.394 e. The highest BCUT2D eigenvalue weighted by Gasteiger charge is 2.46. The first-order valence-corrected chi connectivity index (χ1v) is 7.07. The molecular weight excluding hydrogens is 321 g/mol. The van der Waals surface area contributed by atoms with Crippen LogP contribution in [0.1, 0.15) is 0 Å². The van der Waals surface area contributed by atoms with Crippen molar-refractivity contribution < 1.29 is 55.1 Å². The first-order valence-electron chi connectivity index (χ1n) is 7.07. The molecule has 2 fully saturated rings. The van der Waals surface area contributed by atoms with Crippen LogP contribution in [0.2, 0.25) is 0 Å². The number of hydrogen-bond acceptors (Lipinski definition) is 11. The fraction of sp³-hybridized carbons (Fsp3) is 1.00. The van der Waals surface area contributed by atoms with Gasteiger partial charge in [0.05, 0.1) is 13.2 Å². The highest BCUT2D eigenvalue weighted by molar-refractivity contribution is 4.91. The molecule has 10 atom stereocenters. The molecule has 136 valence electrons. The van der Waals surface area contributed by atoms with E-state index < -0.39 is 74.6 Å². The summed E-state index contributed by atoms with van der Waals surface area (Å²) in [5.41, 5.74) is 0. The molecule has 0 radical (unpaired) electrons. The van der Waals surface area contributed by atoms with E-state index in [4.69, 9.17) is 19.3 Å². The minimum absolute atomic E-state index is 0.468. The van der Waals surface area contributed by atoms with Crippen LogP contribution >= 0.6 is 0 Å². The predicted molar refractivity (Wildman–Crippen MR) is 68.6 cm³/mol. The lowest BCUT2D eigenvalue weighted by Gasteiger charge is -2.41. The SMILES string of the molecule is OCC1O[13C@@H](OCC2OC(O)C(O)[C@H](O)[C@H]2O)C(O)[C@H](O)[C@H]1O. The van der Waals surface area contributed by atoms with Gasteiger partial charge in [0.1, 0.15) is 48.8 Å². The summed E-state index contributed by atoms with van der Waals surface area (Å²) < 4.78 is 15.1. The minimum atomic E-state index is -1.74. The van der Waals surface area contributed by atoms with Crippen molar-refractivity contribution in [1.82, 2.24) is 0 Å². The van der Waals surface area contributed by atoms with E-state index in [9.17, 15) is 35.7 Å². The van der Waals surface area contributed by atoms with Crippen molar-refractivity contribution in [2.45, 2.75) is 61.4 Å². The second-order valence-electron chi connectivity index (χ2n) is 5.57. The maximum atomic E-state index is 9.78. The third kappa shape index (κ3) is 3.81. The molecule has 2 aliphatic rings. The average molecular weight is 343 g/mol. The Labute approximate surface area is 130 Å². The topological polar surface area (TPSA) is 190 Å². The van der Waals surface area contributed by atoms with Crippen molar-refractivity contribution in [2.24, 2.45) is 0 Å². The molecule has 0 aromatic rings. The summed E-state index contributed by atoms with van der Waals surface area (Å²) in [6.45, 7) is -1.10. The van der Waals surface area contributed by atoms with Gasteiger partial charge in [-0.15, -0.1) is 0 Å². The zero-order valence-electron chi connectivity index (χ0n) is 12.0. The molecule has 8 N–H and O–H groups in total. The Morgan fingerprint density at radius 2 is 1.22 bits per heavy atom. The van der Waals surface area contributed by atoms with E-state index >= 15 is 0 Å². The van der Waals surface area contributed by atoms with Crippen LogP contribution < -0.4 is 0 Å². The summed E-state index contributed by atoms with van der Waals surface area (Å²) in [6.07, 6.45) is -15.3. The first kappa shape index (κ1) is 18.9. The molecule has 0 aliphatic carbocycles. The summed E-state index contributed by atoms with van der Waals surface area (Å²) in [6, 6.07) is 0. The van der Waals surface area contributed by atoms with Gasteiger partial charge >= 0.3 is 0 Å². The predicted octanol–water partition coefficient (Wildman–Crippen LogP) is -5.40. The van der Waals surface area contributed by atoms with Gasteiger partial charge in [0.15, 0.2) is 12.6 Å². The number of hydrogen-bond donors (Lipinski definition) is 8. The summed E-state index contributed by atoms with van der Waals surface area (Å²) in [5.74, 6) is 0. The quantitative estimate of drug-likeness (QED) is 0.227. The molecule has 2 aliphatic heterocycles. The molecular formula is C12H22O11. The molecule has 0 saturated carbocycles. The zero-order valence-corrected chi connectivity index (χ0v) is 12.0. The summed E-state index contributed by atoms with van der Waals surface area (Å²) in [5, 5.41) is 76.1. The van der Waals surface area contributed by atoms with Crippen LogP contribution in [0.5, 0.6) is 0 Å². The van der Waals surface area contributed by atoms with Crippen LogP contribution in [0.3, 0.4) is 0 Å². The standard InChI is InChI=1S/C12H22O11/c13-1-3-5(14)8(17)10(19)12(23-3)21-2-4-6(15)7(16)9(18)11(20)22-4/h3-20H,1-2H2/t3?,4?,5-,6-,7+,8+,9?,10?,11?,12+/m0/s1/i12+1. The molecule has 2 saturated heterocycles. The Hall–Kier alpha value is -0.440. The van der Waals surface area contributed by atoms with Gasteiger partial charge in [-0.3, -0.25) is 0 Å². The van der Waals surface area contributed by atoms with Crippen LogP contribution in [0, 0.1) is 0 Å². The van der Waals surface area contributed by atoms with Gasteiger partial charge in [-0.1, -0.05) is 0 Å². The van der Waals surface area contributed by atoms with E-state index in [0.717, 1.165) is 0 Å². The largest absolute Gasteiger partial charge is 0.394 e. The number of aliphatic hydroxyl groups excluding tert-OH is 8. The lowest BCUT2D eigenvalue weighted by molar-refractivity contribution is -0.325. The Morgan fingerprint density at radius 1 is 0.652 bits per heavy atom. The third-order valence-corrected chi connectivity index (χ3v) is 3.96. The van der Waals surface area contributed by atoms with Crippen LogP contribution in [-0.2, 0) is 14.2 Å². The van der Waals surface area contributed by atoms with E-state index in [2.05, 4.69) is 0 Å². The van der Waals surface area contributed by atoms with Gasteiger partial charge in [-0.2, -0.15) is 0 Å². The molecule has 0 aromatic carbocycles. The Bertz CT molecular complexity index is 380. The maximum Gasteiger partial charge on any atom is 0.186 e. The van der Waals surface area contributed by atoms with Crippen molar-refractivity contribution in [3.63, 3.8) is 0 Å². The van der Waals surface area contributed by atoms with Gasteiger partial charge < -0.3 is 55.1 Å². The number of rotatable bonds is 4. The van der Waals surface area contributed by atoms with Crippen LogP contribution in [0.25, 0.3) is 0 Å². The molecule has 2 heterocycles. The van der Waals surface area contributed by atoms with Crippen LogP contribution in [0.4, 0.5) is 0 Å². The molecule has 11 nitrogen and oxygen atoms in total. The number of ether oxygens (including phenoxy) is 3. The van der Waals surface area contributed by atoms with Crippen molar-refractivity contribution in [3.8, 4) is 0 Å². The first-order chi connectivity index (χ1) is 10.8. The molecule has 2 rings (SSSR count). The molecule has 0 bridgehead atoms. The Kier molecular flexibility index (Phi) is 6.27. The second kappa shape index (κ2) is 7.63.